The number of hydrogen-bond donors (Lipinski definition) is 4. The molecular weight excluding hydrogens is 322 g/mol. The third-order valence-corrected chi connectivity index (χ3v) is 3.94. The smallest absolute Gasteiger partial charge is 0.248 e. The van der Waals surface area contributed by atoms with Crippen LogP contribution in [-0.4, -0.2) is 22.0 Å². The lowest BCUT2D eigenvalue weighted by molar-refractivity contribution is -0.129. The Labute approximate surface area is 145 Å². The molecule has 0 aliphatic carbocycles. The summed E-state index contributed by atoms with van der Waals surface area (Å²) in [6.45, 7) is 0. The molecule has 134 valence electrons. The average molecular weight is 345 g/mol. The van der Waals surface area contributed by atoms with E-state index in [4.69, 9.17) is 5.21 Å². The monoisotopic (exact) mass is 345 g/mol. The first-order valence-electron chi connectivity index (χ1n) is 8.44. The number of fused-ring (bicyclic) bond motifs is 1. The van der Waals surface area contributed by atoms with Crippen molar-refractivity contribution in [3.63, 3.8) is 0 Å². The van der Waals surface area contributed by atoms with Crippen LogP contribution in [0.2, 0.25) is 0 Å². The van der Waals surface area contributed by atoms with Gasteiger partial charge in [0.2, 0.25) is 17.4 Å². The molecule has 0 aliphatic rings. The van der Waals surface area contributed by atoms with E-state index in [1.165, 1.54) is 6.07 Å². The molecule has 0 bridgehead atoms. The molecule has 7 nitrogen and oxygen atoms in total. The number of carbonyl (C=O) groups is 2. The number of H-pyrrole nitrogens is 1. The number of hydrogen-bond acceptors (Lipinski definition) is 4. The van der Waals surface area contributed by atoms with E-state index in [1.54, 1.807) is 23.7 Å². The largest absolute Gasteiger partial charge is 0.326 e. The van der Waals surface area contributed by atoms with E-state index in [0.717, 1.165) is 43.0 Å². The Morgan fingerprint density at radius 2 is 1.60 bits per heavy atom. The van der Waals surface area contributed by atoms with Crippen molar-refractivity contribution >= 4 is 28.4 Å². The number of amides is 2. The van der Waals surface area contributed by atoms with Crippen molar-refractivity contribution in [1.82, 2.24) is 10.5 Å². The van der Waals surface area contributed by atoms with Crippen molar-refractivity contribution < 1.29 is 14.8 Å². The van der Waals surface area contributed by atoms with E-state index in [0.29, 0.717) is 18.5 Å². The Morgan fingerprint density at radius 1 is 0.920 bits per heavy atom. The highest BCUT2D eigenvalue weighted by Gasteiger charge is 2.04. The minimum absolute atomic E-state index is 0.0385. The second-order valence-electron chi connectivity index (χ2n) is 5.98. The first kappa shape index (κ1) is 18.7. The van der Waals surface area contributed by atoms with E-state index in [9.17, 15) is 14.4 Å². The second kappa shape index (κ2) is 9.58. The van der Waals surface area contributed by atoms with Gasteiger partial charge in [-0.25, -0.2) is 5.48 Å². The van der Waals surface area contributed by atoms with Crippen LogP contribution < -0.4 is 16.4 Å². The van der Waals surface area contributed by atoms with Crippen LogP contribution in [0.4, 0.5) is 5.69 Å². The average Bonchev–Trinajstić information content (AvgIpc) is 2.60. The lowest BCUT2D eigenvalue weighted by Gasteiger charge is -2.06. The fraction of sp³-hybridized carbons (Fsp3) is 0.389. The number of benzene rings is 1. The van der Waals surface area contributed by atoms with Crippen molar-refractivity contribution in [3.8, 4) is 0 Å². The fourth-order valence-electron chi connectivity index (χ4n) is 2.61. The van der Waals surface area contributed by atoms with Gasteiger partial charge in [0.25, 0.3) is 0 Å². The maximum atomic E-state index is 12.0. The second-order valence-corrected chi connectivity index (χ2v) is 5.98. The molecular formula is C18H23N3O4. The number of nitrogens with one attached hydrogen (secondary N) is 3. The SMILES string of the molecule is O=C(CCCCCCCC(=O)Nc1ccc2[nH]c(=O)ccc2c1)NO. The molecule has 1 aromatic heterocycles. The number of rotatable bonds is 9. The Kier molecular flexibility index (Phi) is 7.16. The number of anilines is 1. The lowest BCUT2D eigenvalue weighted by Crippen LogP contribution is -2.17. The van der Waals surface area contributed by atoms with Gasteiger partial charge >= 0.3 is 0 Å². The normalized spacial score (nSPS) is 10.6. The number of unbranched alkanes of at least 4 members (excludes halogenated alkanes) is 4. The van der Waals surface area contributed by atoms with Gasteiger partial charge in [0, 0.05) is 35.5 Å². The number of aromatic amines is 1. The molecule has 1 heterocycles. The Hall–Kier alpha value is -2.67. The molecule has 4 N–H and O–H groups in total. The molecule has 0 spiro atoms. The molecule has 0 radical (unpaired) electrons. The van der Waals surface area contributed by atoms with Crippen LogP contribution in [0.25, 0.3) is 10.9 Å². The molecule has 2 rings (SSSR count). The van der Waals surface area contributed by atoms with Crippen molar-refractivity contribution in [2.45, 2.75) is 44.9 Å². The molecule has 2 amide bonds. The van der Waals surface area contributed by atoms with E-state index in [2.05, 4.69) is 10.3 Å². The van der Waals surface area contributed by atoms with Crippen LogP contribution in [0.5, 0.6) is 0 Å². The van der Waals surface area contributed by atoms with E-state index >= 15 is 0 Å². The van der Waals surface area contributed by atoms with E-state index in [1.807, 2.05) is 6.07 Å². The summed E-state index contributed by atoms with van der Waals surface area (Å²) in [6, 6.07) is 8.55. The van der Waals surface area contributed by atoms with Crippen LogP contribution in [0.15, 0.2) is 35.1 Å². The summed E-state index contributed by atoms with van der Waals surface area (Å²) in [5.74, 6) is -0.401. The van der Waals surface area contributed by atoms with Gasteiger partial charge < -0.3 is 10.3 Å². The maximum absolute atomic E-state index is 12.0. The molecule has 0 saturated heterocycles. The summed E-state index contributed by atoms with van der Waals surface area (Å²) in [7, 11) is 0. The maximum Gasteiger partial charge on any atom is 0.248 e. The third kappa shape index (κ3) is 6.39. The Bertz CT molecular complexity index is 785. The van der Waals surface area contributed by atoms with E-state index in [-0.39, 0.29) is 17.4 Å². The number of pyridine rings is 1. The zero-order valence-corrected chi connectivity index (χ0v) is 14.0. The third-order valence-electron chi connectivity index (χ3n) is 3.94. The molecule has 1 aromatic carbocycles. The summed E-state index contributed by atoms with van der Waals surface area (Å²) in [4.78, 5) is 36.8. The van der Waals surface area contributed by atoms with Gasteiger partial charge in [-0.2, -0.15) is 0 Å². The fourth-order valence-corrected chi connectivity index (χ4v) is 2.61. The summed E-state index contributed by atoms with van der Waals surface area (Å²) < 4.78 is 0. The van der Waals surface area contributed by atoms with Crippen LogP contribution in [0.3, 0.4) is 0 Å². The standard InChI is InChI=1S/C18H23N3O4/c22-16(6-4-2-1-3-5-7-18(24)21-25)19-14-9-10-15-13(12-14)8-11-17(23)20-15/h8-12,25H,1-7H2,(H,19,22)(H,20,23)(H,21,24). The van der Waals surface area contributed by atoms with Gasteiger partial charge in [0.1, 0.15) is 0 Å². The Balaban J connectivity index is 1.67. The Morgan fingerprint density at radius 3 is 2.32 bits per heavy atom. The highest BCUT2D eigenvalue weighted by molar-refractivity contribution is 5.93. The van der Waals surface area contributed by atoms with Crippen molar-refractivity contribution in [2.75, 3.05) is 5.32 Å². The van der Waals surface area contributed by atoms with Gasteiger partial charge in [-0.15, -0.1) is 0 Å². The lowest BCUT2D eigenvalue weighted by atomic mass is 10.1. The van der Waals surface area contributed by atoms with Gasteiger partial charge in [0.05, 0.1) is 0 Å². The molecule has 0 atom stereocenters. The van der Waals surface area contributed by atoms with Crippen LogP contribution in [-0.2, 0) is 9.59 Å². The van der Waals surface area contributed by atoms with Crippen molar-refractivity contribution in [2.24, 2.45) is 0 Å². The molecule has 0 fully saturated rings. The highest BCUT2D eigenvalue weighted by atomic mass is 16.5. The molecule has 7 heteroatoms. The number of aromatic nitrogens is 1. The summed E-state index contributed by atoms with van der Waals surface area (Å²) in [6.07, 6.45) is 5.07. The predicted octanol–water partition coefficient (Wildman–Crippen LogP) is 2.70. The van der Waals surface area contributed by atoms with Crippen LogP contribution in [0, 0.1) is 0 Å². The first-order valence-corrected chi connectivity index (χ1v) is 8.44. The number of hydroxylamine groups is 1. The van der Waals surface area contributed by atoms with Gasteiger partial charge in [-0.1, -0.05) is 19.3 Å². The zero-order chi connectivity index (χ0) is 18.1. The topological polar surface area (TPSA) is 111 Å². The molecule has 0 saturated carbocycles. The molecule has 0 unspecified atom stereocenters. The minimum atomic E-state index is -0.362. The highest BCUT2D eigenvalue weighted by Crippen LogP contribution is 2.16. The summed E-state index contributed by atoms with van der Waals surface area (Å²) >= 11 is 0. The van der Waals surface area contributed by atoms with Crippen molar-refractivity contribution in [1.29, 1.82) is 0 Å². The minimum Gasteiger partial charge on any atom is -0.326 e. The molecule has 2 aromatic rings. The summed E-state index contributed by atoms with van der Waals surface area (Å²) in [5, 5.41) is 12.1. The van der Waals surface area contributed by atoms with Crippen LogP contribution >= 0.6 is 0 Å². The van der Waals surface area contributed by atoms with E-state index < -0.39 is 0 Å². The summed E-state index contributed by atoms with van der Waals surface area (Å²) in [5.41, 5.74) is 2.90. The first-order chi connectivity index (χ1) is 12.1. The predicted molar refractivity (Wildman–Crippen MR) is 95.4 cm³/mol. The molecule has 25 heavy (non-hydrogen) atoms. The zero-order valence-electron chi connectivity index (χ0n) is 14.0. The van der Waals surface area contributed by atoms with Gasteiger partial charge in [-0.05, 0) is 37.1 Å². The quantitative estimate of drug-likeness (QED) is 0.318. The number of carbonyl (C=O) groups excluding carboxylic acids is 2. The van der Waals surface area contributed by atoms with Crippen LogP contribution in [0.1, 0.15) is 44.9 Å². The van der Waals surface area contributed by atoms with Crippen molar-refractivity contribution in [3.05, 3.63) is 40.7 Å². The van der Waals surface area contributed by atoms with Gasteiger partial charge in [0.15, 0.2) is 0 Å². The van der Waals surface area contributed by atoms with Gasteiger partial charge in [-0.3, -0.25) is 19.6 Å². The molecule has 0 aliphatic heterocycles.